The molecule has 0 saturated carbocycles. The third-order valence-corrected chi connectivity index (χ3v) is 4.25. The van der Waals surface area contributed by atoms with E-state index in [-0.39, 0.29) is 6.04 Å². The van der Waals surface area contributed by atoms with Gasteiger partial charge >= 0.3 is 0 Å². The third kappa shape index (κ3) is 2.85. The Labute approximate surface area is 117 Å². The smallest absolute Gasteiger partial charge is 0.149 e. The van der Waals surface area contributed by atoms with Gasteiger partial charge in [-0.15, -0.1) is 10.2 Å². The fourth-order valence-corrected chi connectivity index (χ4v) is 3.12. The van der Waals surface area contributed by atoms with Gasteiger partial charge in [-0.3, -0.25) is 0 Å². The van der Waals surface area contributed by atoms with Crippen LogP contribution in [0.3, 0.4) is 0 Å². The van der Waals surface area contributed by atoms with Crippen molar-refractivity contribution in [3.63, 3.8) is 0 Å². The van der Waals surface area contributed by atoms with Crippen molar-refractivity contribution in [2.45, 2.75) is 19.4 Å². The molecule has 90 valence electrons. The Kier molecular flexibility index (Phi) is 4.14. The minimum absolute atomic E-state index is 0.0459. The lowest BCUT2D eigenvalue weighted by Gasteiger charge is -2.01. The fraction of sp³-hybridized carbons (Fsp3) is 0.273. The zero-order chi connectivity index (χ0) is 12.4. The molecule has 3 nitrogen and oxygen atoms in total. The van der Waals surface area contributed by atoms with Crippen molar-refractivity contribution in [3.8, 4) is 10.6 Å². The molecule has 0 spiro atoms. The van der Waals surface area contributed by atoms with Crippen molar-refractivity contribution in [3.05, 3.63) is 32.7 Å². The molecule has 17 heavy (non-hydrogen) atoms. The van der Waals surface area contributed by atoms with Gasteiger partial charge in [0.2, 0.25) is 0 Å². The summed E-state index contributed by atoms with van der Waals surface area (Å²) in [5, 5.41) is 10.5. The van der Waals surface area contributed by atoms with Gasteiger partial charge in [0.1, 0.15) is 10.0 Å². The second-order valence-electron chi connectivity index (χ2n) is 3.58. The number of hydrogen-bond acceptors (Lipinski definition) is 4. The zero-order valence-corrected chi connectivity index (χ0v) is 12.3. The summed E-state index contributed by atoms with van der Waals surface area (Å²) in [7, 11) is 0. The molecule has 2 N–H and O–H groups in total. The topological polar surface area (TPSA) is 51.8 Å². The molecule has 1 aromatic heterocycles. The minimum Gasteiger partial charge on any atom is -0.322 e. The molecule has 0 saturated heterocycles. The monoisotopic (exact) mass is 331 g/mol. The Balaban J connectivity index is 2.37. The summed E-state index contributed by atoms with van der Waals surface area (Å²) in [5.41, 5.74) is 6.81. The first kappa shape index (κ1) is 13.0. The SMILES string of the molecule is CCC(N)c1nnc(-c2ccc(Br)cc2Cl)s1. The van der Waals surface area contributed by atoms with Crippen LogP contribution in [0.25, 0.3) is 10.6 Å². The van der Waals surface area contributed by atoms with Crippen LogP contribution in [0, 0.1) is 0 Å². The van der Waals surface area contributed by atoms with E-state index in [9.17, 15) is 0 Å². The first-order valence-corrected chi connectivity index (χ1v) is 7.15. The van der Waals surface area contributed by atoms with Gasteiger partial charge in [0.25, 0.3) is 0 Å². The van der Waals surface area contributed by atoms with Gasteiger partial charge in [0, 0.05) is 10.0 Å². The first-order chi connectivity index (χ1) is 8.11. The molecule has 1 heterocycles. The molecule has 1 aromatic carbocycles. The molecular weight excluding hydrogens is 322 g/mol. The molecule has 0 fully saturated rings. The highest BCUT2D eigenvalue weighted by molar-refractivity contribution is 9.10. The molecule has 0 amide bonds. The average molecular weight is 333 g/mol. The van der Waals surface area contributed by atoms with E-state index >= 15 is 0 Å². The lowest BCUT2D eigenvalue weighted by atomic mass is 10.2. The van der Waals surface area contributed by atoms with Gasteiger partial charge in [-0.05, 0) is 24.6 Å². The molecular formula is C11H11BrClN3S. The van der Waals surface area contributed by atoms with Gasteiger partial charge < -0.3 is 5.73 Å². The van der Waals surface area contributed by atoms with E-state index in [4.69, 9.17) is 17.3 Å². The van der Waals surface area contributed by atoms with Crippen LogP contribution >= 0.6 is 38.9 Å². The van der Waals surface area contributed by atoms with Crippen molar-refractivity contribution in [1.29, 1.82) is 0 Å². The second-order valence-corrected chi connectivity index (χ2v) is 5.92. The van der Waals surface area contributed by atoms with Crippen LogP contribution < -0.4 is 5.73 Å². The molecule has 2 rings (SSSR count). The average Bonchev–Trinajstić information content (AvgIpc) is 2.77. The van der Waals surface area contributed by atoms with Crippen LogP contribution in [0.1, 0.15) is 24.4 Å². The maximum Gasteiger partial charge on any atom is 0.149 e. The molecule has 0 bridgehead atoms. The third-order valence-electron chi connectivity index (χ3n) is 2.36. The van der Waals surface area contributed by atoms with E-state index in [1.54, 1.807) is 0 Å². The summed E-state index contributed by atoms with van der Waals surface area (Å²) in [6.45, 7) is 2.03. The van der Waals surface area contributed by atoms with E-state index < -0.39 is 0 Å². The van der Waals surface area contributed by atoms with Crippen molar-refractivity contribution in [1.82, 2.24) is 10.2 Å². The molecule has 0 aliphatic heterocycles. The van der Waals surface area contributed by atoms with Crippen molar-refractivity contribution >= 4 is 38.9 Å². The second kappa shape index (κ2) is 5.44. The summed E-state index contributed by atoms with van der Waals surface area (Å²) >= 11 is 11.0. The number of benzene rings is 1. The van der Waals surface area contributed by atoms with E-state index in [0.717, 1.165) is 26.5 Å². The summed E-state index contributed by atoms with van der Waals surface area (Å²) in [4.78, 5) is 0. The largest absolute Gasteiger partial charge is 0.322 e. The maximum atomic E-state index is 6.16. The van der Waals surface area contributed by atoms with E-state index in [0.29, 0.717) is 5.02 Å². The molecule has 0 radical (unpaired) electrons. The van der Waals surface area contributed by atoms with Crippen molar-refractivity contribution < 1.29 is 0 Å². The van der Waals surface area contributed by atoms with Crippen LogP contribution in [-0.2, 0) is 0 Å². The Hall–Kier alpha value is -0.490. The first-order valence-electron chi connectivity index (χ1n) is 5.16. The number of rotatable bonds is 3. The van der Waals surface area contributed by atoms with Crippen LogP contribution in [0.4, 0.5) is 0 Å². The van der Waals surface area contributed by atoms with E-state index in [2.05, 4.69) is 26.1 Å². The lowest BCUT2D eigenvalue weighted by molar-refractivity contribution is 0.683. The summed E-state index contributed by atoms with van der Waals surface area (Å²) in [6, 6.07) is 5.66. The predicted molar refractivity (Wildman–Crippen MR) is 75.3 cm³/mol. The summed E-state index contributed by atoms with van der Waals surface area (Å²) < 4.78 is 0.946. The quantitative estimate of drug-likeness (QED) is 0.923. The summed E-state index contributed by atoms with van der Waals surface area (Å²) in [5.74, 6) is 0. The van der Waals surface area contributed by atoms with E-state index in [1.165, 1.54) is 11.3 Å². The predicted octanol–water partition coefficient (Wildman–Crippen LogP) is 4.03. The number of hydrogen-bond donors (Lipinski definition) is 1. The van der Waals surface area contributed by atoms with Gasteiger partial charge in [0.15, 0.2) is 0 Å². The highest BCUT2D eigenvalue weighted by Crippen LogP contribution is 2.33. The number of nitrogens with zero attached hydrogens (tertiary/aromatic N) is 2. The normalized spacial score (nSPS) is 12.7. The van der Waals surface area contributed by atoms with E-state index in [1.807, 2.05) is 25.1 Å². The van der Waals surface area contributed by atoms with Gasteiger partial charge in [0.05, 0.1) is 11.1 Å². The fourth-order valence-electron chi connectivity index (χ4n) is 1.33. The maximum absolute atomic E-state index is 6.16. The highest BCUT2D eigenvalue weighted by atomic mass is 79.9. The highest BCUT2D eigenvalue weighted by Gasteiger charge is 2.13. The molecule has 2 aromatic rings. The number of nitrogens with two attached hydrogens (primary N) is 1. The lowest BCUT2D eigenvalue weighted by Crippen LogP contribution is -2.07. The van der Waals surface area contributed by atoms with Crippen LogP contribution in [0.5, 0.6) is 0 Å². The van der Waals surface area contributed by atoms with Gasteiger partial charge in [-0.2, -0.15) is 0 Å². The summed E-state index contributed by atoms with van der Waals surface area (Å²) in [6.07, 6.45) is 0.850. The standard InChI is InChI=1S/C11H11BrClN3S/c1-2-9(14)11-16-15-10(17-11)7-4-3-6(12)5-8(7)13/h3-5,9H,2,14H2,1H3. The molecule has 0 aliphatic carbocycles. The van der Waals surface area contributed by atoms with Gasteiger partial charge in [-0.25, -0.2) is 0 Å². The van der Waals surface area contributed by atoms with Crippen molar-refractivity contribution in [2.75, 3.05) is 0 Å². The zero-order valence-electron chi connectivity index (χ0n) is 9.15. The number of aromatic nitrogens is 2. The molecule has 1 unspecified atom stereocenters. The van der Waals surface area contributed by atoms with Gasteiger partial charge in [-0.1, -0.05) is 45.8 Å². The van der Waals surface area contributed by atoms with Crippen LogP contribution in [0.15, 0.2) is 22.7 Å². The number of halogens is 2. The Morgan fingerprint density at radius 3 is 2.88 bits per heavy atom. The Morgan fingerprint density at radius 2 is 2.24 bits per heavy atom. The van der Waals surface area contributed by atoms with Crippen molar-refractivity contribution in [2.24, 2.45) is 5.73 Å². The Morgan fingerprint density at radius 1 is 1.47 bits per heavy atom. The van der Waals surface area contributed by atoms with Crippen LogP contribution in [0.2, 0.25) is 5.02 Å². The molecule has 6 heteroatoms. The Bertz CT molecular complexity index is 529. The van der Waals surface area contributed by atoms with Crippen LogP contribution in [-0.4, -0.2) is 10.2 Å². The minimum atomic E-state index is -0.0459. The molecule has 1 atom stereocenters. The molecule has 0 aliphatic rings.